The molecule has 1 aromatic heterocycles. The third-order valence-electron chi connectivity index (χ3n) is 2.40. The van der Waals surface area contributed by atoms with Crippen molar-refractivity contribution < 1.29 is 0 Å². The van der Waals surface area contributed by atoms with Gasteiger partial charge in [0.2, 0.25) is 0 Å². The lowest BCUT2D eigenvalue weighted by atomic mass is 10.2. The van der Waals surface area contributed by atoms with Crippen molar-refractivity contribution in [3.05, 3.63) is 30.5 Å². The van der Waals surface area contributed by atoms with E-state index in [0.29, 0.717) is 0 Å². The molecule has 2 nitrogen and oxygen atoms in total. The highest BCUT2D eigenvalue weighted by molar-refractivity contribution is 8.00. The van der Waals surface area contributed by atoms with Crippen LogP contribution in [-0.4, -0.2) is 10.3 Å². The van der Waals surface area contributed by atoms with Gasteiger partial charge in [0.15, 0.2) is 0 Å². The van der Waals surface area contributed by atoms with Gasteiger partial charge in [-0.15, -0.1) is 0 Å². The second-order valence-corrected chi connectivity index (χ2v) is 4.10. The molecule has 0 spiro atoms. The Balaban J connectivity index is 2.40. The van der Waals surface area contributed by atoms with Crippen molar-refractivity contribution in [3.8, 4) is 0 Å². The van der Waals surface area contributed by atoms with Gasteiger partial charge in [-0.3, -0.25) is 0 Å². The van der Waals surface area contributed by atoms with Gasteiger partial charge in [-0.25, -0.2) is 0 Å². The highest BCUT2D eigenvalue weighted by atomic mass is 32.2. The maximum absolute atomic E-state index is 3.37. The third kappa shape index (κ3) is 1.04. The fraction of sp³-hybridized carbons (Fsp3) is 0.200. The summed E-state index contributed by atoms with van der Waals surface area (Å²) in [6.45, 7) is 1.10. The molecule has 2 heterocycles. The molecule has 0 fully saturated rings. The van der Waals surface area contributed by atoms with Gasteiger partial charge in [0.25, 0.3) is 0 Å². The van der Waals surface area contributed by atoms with E-state index in [4.69, 9.17) is 0 Å². The molecule has 3 heteroatoms. The predicted molar refractivity (Wildman–Crippen MR) is 58.0 cm³/mol. The molecule has 66 valence electrons. The Kier molecular flexibility index (Phi) is 1.52. The Morgan fingerprint density at radius 3 is 3.31 bits per heavy atom. The van der Waals surface area contributed by atoms with Crippen LogP contribution in [0.15, 0.2) is 30.5 Å². The van der Waals surface area contributed by atoms with Crippen molar-refractivity contribution in [1.29, 1.82) is 0 Å². The van der Waals surface area contributed by atoms with Gasteiger partial charge in [-0.1, -0.05) is 24.1 Å². The average molecular weight is 190 g/mol. The predicted octanol–water partition coefficient (Wildman–Crippen LogP) is 2.71. The van der Waals surface area contributed by atoms with E-state index in [1.54, 1.807) is 11.9 Å². The summed E-state index contributed by atoms with van der Waals surface area (Å²) >= 11 is 1.78. The van der Waals surface area contributed by atoms with Crippen molar-refractivity contribution in [2.24, 2.45) is 0 Å². The lowest BCUT2D eigenvalue weighted by Gasteiger charge is -2.03. The first-order valence-corrected chi connectivity index (χ1v) is 5.39. The molecule has 0 saturated heterocycles. The van der Waals surface area contributed by atoms with Gasteiger partial charge in [0, 0.05) is 23.9 Å². The SMILES string of the molecule is c1cc2c3c(c1)ccn3CCSN2. The Morgan fingerprint density at radius 1 is 1.31 bits per heavy atom. The summed E-state index contributed by atoms with van der Waals surface area (Å²) in [6, 6.07) is 8.57. The van der Waals surface area contributed by atoms with Crippen LogP contribution in [-0.2, 0) is 6.54 Å². The van der Waals surface area contributed by atoms with E-state index in [2.05, 4.69) is 39.8 Å². The number of aryl methyl sites for hydroxylation is 1. The zero-order chi connectivity index (χ0) is 8.67. The van der Waals surface area contributed by atoms with Gasteiger partial charge in [0.05, 0.1) is 11.2 Å². The fourth-order valence-corrected chi connectivity index (χ4v) is 2.51. The maximum atomic E-state index is 3.37. The van der Waals surface area contributed by atoms with Gasteiger partial charge in [0.1, 0.15) is 0 Å². The Labute approximate surface area is 81.1 Å². The molecule has 1 N–H and O–H groups in total. The lowest BCUT2D eigenvalue weighted by molar-refractivity contribution is 0.811. The Bertz CT molecular complexity index is 447. The molecule has 1 aromatic carbocycles. The van der Waals surface area contributed by atoms with E-state index in [9.17, 15) is 0 Å². The van der Waals surface area contributed by atoms with Gasteiger partial charge in [-0.2, -0.15) is 0 Å². The summed E-state index contributed by atoms with van der Waals surface area (Å²) in [5.41, 5.74) is 2.58. The van der Waals surface area contributed by atoms with Gasteiger partial charge in [-0.05, 0) is 12.1 Å². The van der Waals surface area contributed by atoms with Crippen LogP contribution in [0.2, 0.25) is 0 Å². The number of para-hydroxylation sites is 1. The molecular weight excluding hydrogens is 180 g/mol. The number of benzene rings is 1. The van der Waals surface area contributed by atoms with Crippen molar-refractivity contribution in [3.63, 3.8) is 0 Å². The van der Waals surface area contributed by atoms with Crippen LogP contribution >= 0.6 is 11.9 Å². The minimum atomic E-state index is 1.10. The first kappa shape index (κ1) is 7.33. The number of hydrogen-bond donors (Lipinski definition) is 1. The van der Waals surface area contributed by atoms with Gasteiger partial charge >= 0.3 is 0 Å². The smallest absolute Gasteiger partial charge is 0.0724 e. The van der Waals surface area contributed by atoms with E-state index in [1.807, 2.05) is 0 Å². The Hall–Kier alpha value is -1.09. The van der Waals surface area contributed by atoms with Crippen molar-refractivity contribution in [2.75, 3.05) is 10.5 Å². The van der Waals surface area contributed by atoms with Crippen LogP contribution in [0.5, 0.6) is 0 Å². The minimum absolute atomic E-state index is 1.10. The van der Waals surface area contributed by atoms with E-state index >= 15 is 0 Å². The second kappa shape index (κ2) is 2.70. The van der Waals surface area contributed by atoms with Crippen molar-refractivity contribution in [2.45, 2.75) is 6.54 Å². The monoisotopic (exact) mass is 190 g/mol. The van der Waals surface area contributed by atoms with E-state index in [-0.39, 0.29) is 0 Å². The summed E-state index contributed by atoms with van der Waals surface area (Å²) in [6.07, 6.45) is 2.17. The van der Waals surface area contributed by atoms with Crippen LogP contribution in [0.3, 0.4) is 0 Å². The highest BCUT2D eigenvalue weighted by Crippen LogP contribution is 2.29. The zero-order valence-electron chi connectivity index (χ0n) is 7.16. The molecule has 0 unspecified atom stereocenters. The summed E-state index contributed by atoms with van der Waals surface area (Å²) < 4.78 is 5.69. The number of aromatic nitrogens is 1. The summed E-state index contributed by atoms with van der Waals surface area (Å²) in [7, 11) is 0. The summed E-state index contributed by atoms with van der Waals surface area (Å²) in [4.78, 5) is 0. The molecule has 0 atom stereocenters. The number of nitrogens with zero attached hydrogens (tertiary/aromatic N) is 1. The number of anilines is 1. The second-order valence-electron chi connectivity index (χ2n) is 3.20. The number of hydrogen-bond acceptors (Lipinski definition) is 2. The zero-order valence-corrected chi connectivity index (χ0v) is 7.97. The molecule has 0 aliphatic carbocycles. The molecule has 0 bridgehead atoms. The van der Waals surface area contributed by atoms with E-state index in [0.717, 1.165) is 12.3 Å². The number of nitrogens with one attached hydrogen (secondary N) is 1. The van der Waals surface area contributed by atoms with Crippen LogP contribution < -0.4 is 4.72 Å². The molecular formula is C10H10N2S. The minimum Gasteiger partial charge on any atom is -0.345 e. The number of rotatable bonds is 0. The first-order chi connectivity index (χ1) is 6.45. The van der Waals surface area contributed by atoms with Crippen LogP contribution in [0, 0.1) is 0 Å². The van der Waals surface area contributed by atoms with Crippen molar-refractivity contribution >= 4 is 28.5 Å². The highest BCUT2D eigenvalue weighted by Gasteiger charge is 2.09. The normalized spacial score (nSPS) is 15.4. The molecule has 0 amide bonds. The Morgan fingerprint density at radius 2 is 2.31 bits per heavy atom. The third-order valence-corrected chi connectivity index (χ3v) is 3.16. The molecule has 0 saturated carbocycles. The lowest BCUT2D eigenvalue weighted by Crippen LogP contribution is -1.95. The largest absolute Gasteiger partial charge is 0.345 e. The van der Waals surface area contributed by atoms with Crippen molar-refractivity contribution in [1.82, 2.24) is 4.57 Å². The fourth-order valence-electron chi connectivity index (χ4n) is 1.80. The topological polar surface area (TPSA) is 17.0 Å². The molecule has 3 rings (SSSR count). The molecule has 13 heavy (non-hydrogen) atoms. The summed E-state index contributed by atoms with van der Waals surface area (Å²) in [5, 5.41) is 1.33. The van der Waals surface area contributed by atoms with Crippen LogP contribution in [0.1, 0.15) is 0 Å². The first-order valence-electron chi connectivity index (χ1n) is 4.41. The molecule has 1 aliphatic rings. The maximum Gasteiger partial charge on any atom is 0.0724 e. The molecule has 0 radical (unpaired) electrons. The average Bonchev–Trinajstić information content (AvgIpc) is 2.44. The van der Waals surface area contributed by atoms with Crippen LogP contribution in [0.4, 0.5) is 5.69 Å². The molecule has 2 aromatic rings. The van der Waals surface area contributed by atoms with Crippen LogP contribution in [0.25, 0.3) is 10.9 Å². The summed E-state index contributed by atoms with van der Waals surface area (Å²) in [5.74, 6) is 1.12. The molecule has 1 aliphatic heterocycles. The van der Waals surface area contributed by atoms with Gasteiger partial charge < -0.3 is 9.29 Å². The van der Waals surface area contributed by atoms with E-state index < -0.39 is 0 Å². The van der Waals surface area contributed by atoms with E-state index in [1.165, 1.54) is 16.6 Å². The quantitative estimate of drug-likeness (QED) is 0.643. The standard InChI is InChI=1S/C10H10N2S/c1-2-8-4-5-12-6-7-13-11-9(3-1)10(8)12/h1-5,11H,6-7H2.